The number of benzene rings is 2. The highest BCUT2D eigenvalue weighted by Gasteiger charge is 2.50. The van der Waals surface area contributed by atoms with E-state index in [0.717, 1.165) is 15.3 Å². The smallest absolute Gasteiger partial charge is 0.348 e. The summed E-state index contributed by atoms with van der Waals surface area (Å²) in [6.07, 6.45) is 0. The lowest BCUT2D eigenvalue weighted by Crippen LogP contribution is -2.38. The molecule has 4 N–H and O–H groups in total. The largest absolute Gasteiger partial charge is 0.387 e. The maximum Gasteiger partial charge on any atom is 0.348 e. The van der Waals surface area contributed by atoms with Crippen LogP contribution in [0, 0.1) is 5.92 Å². The number of H-pyrrole nitrogens is 2. The first kappa shape index (κ1) is 50.9. The lowest BCUT2D eigenvalue weighted by molar-refractivity contribution is -0.127. The molecule has 2 atom stereocenters. The van der Waals surface area contributed by atoms with Gasteiger partial charge in [-0.1, -0.05) is 103 Å². The zero-order valence-electron chi connectivity index (χ0n) is 39.3. The molecule has 7 amide bonds. The summed E-state index contributed by atoms with van der Waals surface area (Å²) in [5, 5.41) is 15.6. The van der Waals surface area contributed by atoms with E-state index in [9.17, 15) is 33.2 Å². The molecule has 23 heteroatoms. The third-order valence-corrected chi connectivity index (χ3v) is 13.4. The number of hydrogen-bond acceptors (Lipinski definition) is 10. The number of aliphatic imine (C=N–C) groups is 1. The predicted molar refractivity (Wildman–Crippen MR) is 259 cm³/mol. The summed E-state index contributed by atoms with van der Waals surface area (Å²) in [6.45, 7) is 19.5. The number of halogens is 5. The molecule has 2 unspecified atom stereocenters. The molecule has 1 saturated heterocycles. The van der Waals surface area contributed by atoms with Gasteiger partial charge in [-0.3, -0.25) is 48.4 Å². The van der Waals surface area contributed by atoms with Crippen LogP contribution in [0.3, 0.4) is 0 Å². The molecule has 6 heterocycles. The number of hydrogen-bond donors (Lipinski definition) is 3. The second-order valence-corrected chi connectivity index (χ2v) is 20.5. The number of amidine groups is 1. The highest BCUT2D eigenvalue weighted by atomic mass is 79.9. The van der Waals surface area contributed by atoms with Crippen LogP contribution in [0.4, 0.5) is 15.0 Å². The number of imide groups is 3. The lowest BCUT2D eigenvalue weighted by atomic mass is 9.92. The molecule has 0 spiro atoms. The molecule has 0 saturated carbocycles. The van der Waals surface area contributed by atoms with Crippen molar-refractivity contribution in [3.63, 3.8) is 0 Å². The van der Waals surface area contributed by atoms with Crippen molar-refractivity contribution in [2.45, 2.75) is 91.5 Å². The number of rotatable bonds is 7. The van der Waals surface area contributed by atoms with E-state index in [1.54, 1.807) is 73.9 Å². The molecular formula is C44H51Br2Cl2FN12O6. The molecule has 358 valence electrons. The summed E-state index contributed by atoms with van der Waals surface area (Å²) in [5.74, 6) is -0.965. The summed E-state index contributed by atoms with van der Waals surface area (Å²) < 4.78 is 19.2. The topological polar surface area (TPSA) is 228 Å². The van der Waals surface area contributed by atoms with Crippen LogP contribution in [-0.4, -0.2) is 115 Å². The average molecular weight is 1090 g/mol. The number of fused-ring (bicyclic) bond motifs is 3. The van der Waals surface area contributed by atoms with E-state index in [0.29, 0.717) is 49.6 Å². The van der Waals surface area contributed by atoms with Gasteiger partial charge in [-0.2, -0.15) is 13.7 Å². The monoisotopic (exact) mass is 1090 g/mol. The molecule has 3 aromatic heterocycles. The van der Waals surface area contributed by atoms with Gasteiger partial charge >= 0.3 is 6.03 Å². The van der Waals surface area contributed by atoms with Gasteiger partial charge in [-0.05, 0) is 38.1 Å². The minimum absolute atomic E-state index is 0.135. The van der Waals surface area contributed by atoms with Gasteiger partial charge in [0.25, 0.3) is 29.5 Å². The Labute approximate surface area is 414 Å². The van der Waals surface area contributed by atoms with Crippen molar-refractivity contribution in [3.8, 4) is 0 Å². The van der Waals surface area contributed by atoms with Crippen molar-refractivity contribution in [1.82, 2.24) is 47.7 Å². The first-order valence-corrected chi connectivity index (χ1v) is 22.8. The number of aromatic nitrogens is 6. The molecule has 3 aliphatic heterocycles. The van der Waals surface area contributed by atoms with Crippen LogP contribution in [-0.2, 0) is 15.6 Å². The van der Waals surface area contributed by atoms with Crippen LogP contribution >= 0.6 is 55.5 Å². The van der Waals surface area contributed by atoms with E-state index in [2.05, 4.69) is 83.4 Å². The average Bonchev–Trinajstić information content (AvgIpc) is 4.08. The van der Waals surface area contributed by atoms with E-state index in [4.69, 9.17) is 30.3 Å². The molecule has 1 fully saturated rings. The number of nitrogens with zero attached hydrogens (tertiary/aromatic N) is 9. The zero-order chi connectivity index (χ0) is 51.0. The number of carbonyl (C=O) groups excluding carboxylic acids is 6. The Hall–Kier alpha value is -5.51. The van der Waals surface area contributed by atoms with E-state index < -0.39 is 18.7 Å². The molecule has 8 rings (SSSR count). The Morgan fingerprint density at radius 2 is 1.27 bits per heavy atom. The van der Waals surface area contributed by atoms with Gasteiger partial charge in [0.15, 0.2) is 17.3 Å². The molecular weight excluding hydrogens is 1040 g/mol. The van der Waals surface area contributed by atoms with Gasteiger partial charge in [0.2, 0.25) is 0 Å². The summed E-state index contributed by atoms with van der Waals surface area (Å²) >= 11 is 18.7. The minimum Gasteiger partial charge on any atom is -0.387 e. The molecule has 0 aliphatic carbocycles. The van der Waals surface area contributed by atoms with Gasteiger partial charge in [0, 0.05) is 35.8 Å². The normalized spacial score (nSPS) is 16.9. The Morgan fingerprint density at radius 3 is 1.63 bits per heavy atom. The standard InChI is InChI=1S/C19H20ClN5O2.C19H22ClN5O2.C5H6Br2N2O2.CH3F/c1-10(9-24-17(26)11-7-5-6-8-12(11)18(24)27)15-21-16-13(20)14(19(2,3)4)22-25(16)23-15;1-10(9-25-17(26)11-7-5-6-8-12(11)18(25)27)15(21)22-16-13(20)14(23-24-16)19(2,3)4;1-5(2)3(10)8(6)4(11)9(5)7;1-2/h5-8,10,22H,9H2,1-4H3;5-8,10H,9H2,1-4H3,(H3,21,22,23,24);1-2H3;1H3/i;;;1D. The van der Waals surface area contributed by atoms with Crippen LogP contribution in [0.5, 0.6) is 0 Å². The molecule has 67 heavy (non-hydrogen) atoms. The molecule has 0 bridgehead atoms. The highest BCUT2D eigenvalue weighted by molar-refractivity contribution is 9.08. The van der Waals surface area contributed by atoms with E-state index in [1.165, 1.54) is 13.7 Å². The fourth-order valence-electron chi connectivity index (χ4n) is 6.90. The number of urea groups is 1. The first-order chi connectivity index (χ1) is 31.6. The third-order valence-electron chi connectivity index (χ3n) is 10.8. The van der Waals surface area contributed by atoms with Crippen molar-refractivity contribution in [1.29, 1.82) is 0 Å². The maximum atomic E-state index is 12.5. The quantitative estimate of drug-likeness (QED) is 0.0461. The number of aromatic amines is 2. The maximum absolute atomic E-state index is 12.5. The Bertz CT molecular complexity index is 2750. The predicted octanol–water partition coefficient (Wildman–Crippen LogP) is 8.92. The summed E-state index contributed by atoms with van der Waals surface area (Å²) in [5.41, 5.74) is 8.81. The van der Waals surface area contributed by atoms with Crippen molar-refractivity contribution < 1.29 is 34.5 Å². The summed E-state index contributed by atoms with van der Waals surface area (Å²) in [6, 6.07) is 13.2. The van der Waals surface area contributed by atoms with Crippen LogP contribution < -0.4 is 5.73 Å². The summed E-state index contributed by atoms with van der Waals surface area (Å²) in [7, 11) is -1.00. The Morgan fingerprint density at radius 1 is 0.821 bits per heavy atom. The fraction of sp³-hybridized carbons (Fsp3) is 0.409. The van der Waals surface area contributed by atoms with Crippen molar-refractivity contribution in [2.24, 2.45) is 16.6 Å². The van der Waals surface area contributed by atoms with Crippen molar-refractivity contribution >= 4 is 108 Å². The van der Waals surface area contributed by atoms with Crippen LogP contribution in [0.15, 0.2) is 53.5 Å². The van der Waals surface area contributed by atoms with E-state index >= 15 is 0 Å². The molecule has 0 radical (unpaired) electrons. The number of amides is 7. The number of nitrogens with one attached hydrogen (secondary N) is 2. The van der Waals surface area contributed by atoms with Gasteiger partial charge in [-0.15, -0.1) is 5.10 Å². The minimum atomic E-state index is -1.00. The number of alkyl halides is 1. The number of nitrogens with two attached hydrogens (primary N) is 1. The van der Waals surface area contributed by atoms with Crippen molar-refractivity contribution in [3.05, 3.63) is 98.0 Å². The van der Waals surface area contributed by atoms with E-state index in [1.807, 2.05) is 27.7 Å². The van der Waals surface area contributed by atoms with Gasteiger partial charge in [0.05, 0.1) is 74.5 Å². The lowest BCUT2D eigenvalue weighted by Gasteiger charge is -2.19. The molecule has 18 nitrogen and oxygen atoms in total. The van der Waals surface area contributed by atoms with Gasteiger partial charge in [0.1, 0.15) is 21.4 Å². The van der Waals surface area contributed by atoms with Gasteiger partial charge in [-0.25, -0.2) is 18.7 Å². The second kappa shape index (κ2) is 20.0. The fourth-order valence-corrected chi connectivity index (χ4v) is 8.88. The number of carbonyl (C=O) groups is 6. The highest BCUT2D eigenvalue weighted by Crippen LogP contribution is 2.36. The Kier molecular flexibility index (Phi) is 15.2. The summed E-state index contributed by atoms with van der Waals surface area (Å²) in [4.78, 5) is 83.6. The van der Waals surface area contributed by atoms with Crippen molar-refractivity contribution in [2.75, 3.05) is 20.2 Å². The van der Waals surface area contributed by atoms with Gasteiger partial charge < -0.3 is 5.73 Å². The molecule has 5 aromatic rings. The van der Waals surface area contributed by atoms with Crippen LogP contribution in [0.25, 0.3) is 5.65 Å². The van der Waals surface area contributed by atoms with Crippen LogP contribution in [0.1, 0.15) is 135 Å². The van der Waals surface area contributed by atoms with Crippen LogP contribution in [0.2, 0.25) is 10.0 Å². The Balaban J connectivity index is 0.000000200. The SMILES string of the molecule is CC(CN1C(=O)c2ccccc2C1=O)C(N)=Nc1n[nH]c(C(C)(C)C)c1Cl.CC(CN1C(=O)c2ccccc2C1=O)c1nc2c(Cl)c(C(C)(C)C)[nH]n2n1.CC1(C)C(=O)N(Br)C(=O)N1Br.[2H]CF. The van der Waals surface area contributed by atoms with E-state index in [-0.39, 0.29) is 71.1 Å². The third kappa shape index (κ3) is 10.3. The second-order valence-electron chi connectivity index (χ2n) is 18.3. The zero-order valence-corrected chi connectivity index (χ0v) is 43.0. The first-order valence-electron chi connectivity index (χ1n) is 21.3. The molecule has 2 aromatic carbocycles. The molecule has 3 aliphatic rings.